The molecule has 1 amide bonds. The van der Waals surface area contributed by atoms with E-state index in [-0.39, 0.29) is 0 Å². The van der Waals surface area contributed by atoms with E-state index in [9.17, 15) is 4.79 Å². The minimum atomic E-state index is 0.291. The van der Waals surface area contributed by atoms with Crippen LogP contribution in [0.15, 0.2) is 18.2 Å². The number of nitrogens with one attached hydrogen (secondary N) is 1. The molecule has 3 aliphatic rings. The summed E-state index contributed by atoms with van der Waals surface area (Å²) in [6.07, 6.45) is 8.02. The minimum Gasteiger partial charge on any atom is -0.493 e. The number of nitrogens with zero attached hydrogens (tertiary/aromatic N) is 2. The lowest BCUT2D eigenvalue weighted by Gasteiger charge is -2.36. The number of benzene rings is 1. The Labute approximate surface area is 168 Å². The first-order chi connectivity index (χ1) is 13.7. The standard InChI is InChI=1S/C22H33N3O3/c1-27-20-9-8-18(16-21(20)28-19-6-2-3-7-19)24-11-13-25(14-12-24)22(26)15-17-5-4-10-23-17/h8-9,16-17,19,23H,2-7,10-15H2,1H3. The second kappa shape index (κ2) is 9.03. The van der Waals surface area contributed by atoms with E-state index in [0.29, 0.717) is 24.5 Å². The molecule has 1 N–H and O–H groups in total. The molecule has 1 aromatic rings. The molecule has 1 aromatic carbocycles. The molecule has 2 saturated heterocycles. The van der Waals surface area contributed by atoms with Crippen molar-refractivity contribution in [2.75, 3.05) is 44.7 Å². The predicted octanol–water partition coefficient (Wildman–Crippen LogP) is 2.81. The summed E-state index contributed by atoms with van der Waals surface area (Å²) in [6, 6.07) is 6.59. The maximum atomic E-state index is 12.6. The number of methoxy groups -OCH3 is 1. The van der Waals surface area contributed by atoms with Crippen molar-refractivity contribution in [3.05, 3.63) is 18.2 Å². The maximum Gasteiger partial charge on any atom is 0.224 e. The average molecular weight is 388 g/mol. The van der Waals surface area contributed by atoms with Gasteiger partial charge in [-0.15, -0.1) is 0 Å². The van der Waals surface area contributed by atoms with Gasteiger partial charge in [0.25, 0.3) is 0 Å². The molecule has 0 spiro atoms. The van der Waals surface area contributed by atoms with Crippen molar-refractivity contribution in [3.8, 4) is 11.5 Å². The Bertz CT molecular complexity index is 661. The van der Waals surface area contributed by atoms with E-state index >= 15 is 0 Å². The molecule has 154 valence electrons. The number of hydrogen-bond acceptors (Lipinski definition) is 5. The van der Waals surface area contributed by atoms with Crippen molar-refractivity contribution in [3.63, 3.8) is 0 Å². The highest BCUT2D eigenvalue weighted by Gasteiger charge is 2.26. The van der Waals surface area contributed by atoms with E-state index in [1.165, 1.54) is 19.3 Å². The minimum absolute atomic E-state index is 0.291. The van der Waals surface area contributed by atoms with Crippen molar-refractivity contribution in [1.82, 2.24) is 10.2 Å². The zero-order chi connectivity index (χ0) is 19.3. The summed E-state index contributed by atoms with van der Waals surface area (Å²) in [5.74, 6) is 1.94. The summed E-state index contributed by atoms with van der Waals surface area (Å²) in [5.41, 5.74) is 1.15. The number of ether oxygens (including phenoxy) is 2. The van der Waals surface area contributed by atoms with Crippen molar-refractivity contribution < 1.29 is 14.3 Å². The van der Waals surface area contributed by atoms with Gasteiger partial charge >= 0.3 is 0 Å². The van der Waals surface area contributed by atoms with Crippen LogP contribution in [0.25, 0.3) is 0 Å². The predicted molar refractivity (Wildman–Crippen MR) is 110 cm³/mol. The second-order valence-electron chi connectivity index (χ2n) is 8.22. The van der Waals surface area contributed by atoms with Gasteiger partial charge in [-0.3, -0.25) is 4.79 Å². The van der Waals surface area contributed by atoms with Crippen LogP contribution >= 0.6 is 0 Å². The molecule has 1 saturated carbocycles. The number of anilines is 1. The highest BCUT2D eigenvalue weighted by atomic mass is 16.5. The Hall–Kier alpha value is -1.95. The molecule has 28 heavy (non-hydrogen) atoms. The van der Waals surface area contributed by atoms with Gasteiger partial charge in [0, 0.05) is 50.4 Å². The van der Waals surface area contributed by atoms with Crippen LogP contribution in [0.2, 0.25) is 0 Å². The number of carbonyl (C=O) groups is 1. The Kier molecular flexibility index (Phi) is 6.25. The molecular weight excluding hydrogens is 354 g/mol. The topological polar surface area (TPSA) is 54.0 Å². The average Bonchev–Trinajstić information content (AvgIpc) is 3.42. The molecule has 2 aliphatic heterocycles. The van der Waals surface area contributed by atoms with Gasteiger partial charge < -0.3 is 24.6 Å². The van der Waals surface area contributed by atoms with Crippen LogP contribution in [0.5, 0.6) is 11.5 Å². The highest BCUT2D eigenvalue weighted by Crippen LogP contribution is 2.35. The molecule has 6 heteroatoms. The lowest BCUT2D eigenvalue weighted by Crippen LogP contribution is -2.49. The number of carbonyl (C=O) groups excluding carboxylic acids is 1. The molecule has 6 nitrogen and oxygen atoms in total. The second-order valence-corrected chi connectivity index (χ2v) is 8.22. The lowest BCUT2D eigenvalue weighted by atomic mass is 10.1. The van der Waals surface area contributed by atoms with E-state index in [4.69, 9.17) is 9.47 Å². The van der Waals surface area contributed by atoms with Gasteiger partial charge in [0.1, 0.15) is 0 Å². The Morgan fingerprint density at radius 2 is 1.86 bits per heavy atom. The molecule has 4 rings (SSSR count). The van der Waals surface area contributed by atoms with Gasteiger partial charge in [-0.25, -0.2) is 0 Å². The third-order valence-electron chi connectivity index (χ3n) is 6.32. The third-order valence-corrected chi connectivity index (χ3v) is 6.32. The van der Waals surface area contributed by atoms with E-state index in [2.05, 4.69) is 22.3 Å². The molecular formula is C22H33N3O3. The molecule has 1 unspecified atom stereocenters. The summed E-state index contributed by atoms with van der Waals surface area (Å²) >= 11 is 0. The quantitative estimate of drug-likeness (QED) is 0.814. The van der Waals surface area contributed by atoms with E-state index in [1.807, 2.05) is 11.0 Å². The van der Waals surface area contributed by atoms with Crippen molar-refractivity contribution in [2.24, 2.45) is 0 Å². The van der Waals surface area contributed by atoms with Crippen molar-refractivity contribution in [2.45, 2.75) is 57.1 Å². The fourth-order valence-corrected chi connectivity index (χ4v) is 4.62. The molecule has 0 aromatic heterocycles. The monoisotopic (exact) mass is 387 g/mol. The van der Waals surface area contributed by atoms with Gasteiger partial charge in [0.2, 0.25) is 5.91 Å². The van der Waals surface area contributed by atoms with Crippen LogP contribution in [-0.2, 0) is 4.79 Å². The van der Waals surface area contributed by atoms with Crippen LogP contribution in [0.3, 0.4) is 0 Å². The van der Waals surface area contributed by atoms with Crippen LogP contribution < -0.4 is 19.7 Å². The van der Waals surface area contributed by atoms with Crippen molar-refractivity contribution >= 4 is 11.6 Å². The zero-order valence-electron chi connectivity index (χ0n) is 17.0. The highest BCUT2D eigenvalue weighted by molar-refractivity contribution is 5.77. The molecule has 0 radical (unpaired) electrons. The van der Waals surface area contributed by atoms with Gasteiger partial charge in [0.15, 0.2) is 11.5 Å². The van der Waals surface area contributed by atoms with Gasteiger partial charge in [-0.05, 0) is 57.2 Å². The van der Waals surface area contributed by atoms with Crippen LogP contribution in [0, 0.1) is 0 Å². The molecule has 1 aliphatic carbocycles. The molecule has 3 fully saturated rings. The first kappa shape index (κ1) is 19.4. The summed E-state index contributed by atoms with van der Waals surface area (Å²) in [7, 11) is 1.69. The van der Waals surface area contributed by atoms with E-state index in [1.54, 1.807) is 7.11 Å². The Balaban J connectivity index is 1.35. The molecule has 2 heterocycles. The van der Waals surface area contributed by atoms with E-state index < -0.39 is 0 Å². The summed E-state index contributed by atoms with van der Waals surface area (Å²) < 4.78 is 11.7. The Morgan fingerprint density at radius 3 is 2.54 bits per heavy atom. The Morgan fingerprint density at radius 1 is 1.07 bits per heavy atom. The smallest absolute Gasteiger partial charge is 0.224 e. The van der Waals surface area contributed by atoms with Crippen molar-refractivity contribution in [1.29, 1.82) is 0 Å². The first-order valence-corrected chi connectivity index (χ1v) is 10.8. The van der Waals surface area contributed by atoms with E-state index in [0.717, 1.165) is 69.2 Å². The maximum absolute atomic E-state index is 12.6. The molecule has 0 bridgehead atoms. The zero-order valence-corrected chi connectivity index (χ0v) is 17.0. The summed E-state index contributed by atoms with van der Waals surface area (Å²) in [6.45, 7) is 4.35. The number of piperazine rings is 1. The van der Waals surface area contributed by atoms with Gasteiger partial charge in [-0.2, -0.15) is 0 Å². The lowest BCUT2D eigenvalue weighted by molar-refractivity contribution is -0.131. The SMILES string of the molecule is COc1ccc(N2CCN(C(=O)CC3CCCN3)CC2)cc1OC1CCCC1. The number of hydrogen-bond donors (Lipinski definition) is 1. The van der Waals surface area contributed by atoms with Gasteiger partial charge in [-0.1, -0.05) is 0 Å². The van der Waals surface area contributed by atoms with Gasteiger partial charge in [0.05, 0.1) is 13.2 Å². The summed E-state index contributed by atoms with van der Waals surface area (Å²) in [4.78, 5) is 16.9. The fourth-order valence-electron chi connectivity index (χ4n) is 4.62. The molecule has 1 atom stereocenters. The number of rotatable bonds is 6. The normalized spacial score (nSPS) is 23.2. The van der Waals surface area contributed by atoms with Crippen LogP contribution in [-0.4, -0.2) is 62.8 Å². The van der Waals surface area contributed by atoms with Crippen LogP contribution in [0.1, 0.15) is 44.9 Å². The summed E-state index contributed by atoms with van der Waals surface area (Å²) in [5, 5.41) is 3.42. The fraction of sp³-hybridized carbons (Fsp3) is 0.682. The van der Waals surface area contributed by atoms with Crippen LogP contribution in [0.4, 0.5) is 5.69 Å². The largest absolute Gasteiger partial charge is 0.493 e. The third kappa shape index (κ3) is 4.54. The first-order valence-electron chi connectivity index (χ1n) is 10.8. The number of amides is 1.